The molecule has 5 heteroatoms. The largest absolute Gasteiger partial charge is 0.389 e. The number of fused-ring (bicyclic) bond motifs is 1. The van der Waals surface area contributed by atoms with Gasteiger partial charge in [-0.2, -0.15) is 0 Å². The summed E-state index contributed by atoms with van der Waals surface area (Å²) in [6.45, 7) is 2.02. The fourth-order valence-corrected chi connectivity index (χ4v) is 4.76. The van der Waals surface area contributed by atoms with Crippen LogP contribution in [-0.2, 0) is 9.53 Å². The molecule has 0 unspecified atom stereocenters. The highest BCUT2D eigenvalue weighted by Crippen LogP contribution is 2.58. The molecular weight excluding hydrogens is 272 g/mol. The average molecular weight is 292 g/mol. The van der Waals surface area contributed by atoms with Crippen LogP contribution in [0.15, 0.2) is 23.3 Å². The standard InChI is InChI=1S/C16H20O5/c1-15-5-4-11(19)16(20)7-21-13(14(15)16)12-8(6-15)9(17)2-3-10(12)18/h4-5,9,11,13-14,17,19-20H,2-3,6-7H2,1H3/t9-,11-,13+,14+,15+,16+/m0/s1. The Morgan fingerprint density at radius 2 is 2.14 bits per heavy atom. The van der Waals surface area contributed by atoms with E-state index in [1.807, 2.05) is 13.0 Å². The summed E-state index contributed by atoms with van der Waals surface area (Å²) in [5.41, 5.74) is -0.447. The molecule has 0 aromatic carbocycles. The van der Waals surface area contributed by atoms with Gasteiger partial charge in [0.2, 0.25) is 0 Å². The van der Waals surface area contributed by atoms with E-state index in [-0.39, 0.29) is 18.3 Å². The lowest BCUT2D eigenvalue weighted by Crippen LogP contribution is -2.59. The first-order valence-electron chi connectivity index (χ1n) is 7.52. The van der Waals surface area contributed by atoms with Crippen molar-refractivity contribution in [3.63, 3.8) is 0 Å². The second kappa shape index (κ2) is 4.04. The third-order valence-corrected chi connectivity index (χ3v) is 5.77. The first-order chi connectivity index (χ1) is 9.87. The zero-order valence-corrected chi connectivity index (χ0v) is 12.0. The molecule has 6 atom stereocenters. The van der Waals surface area contributed by atoms with Crippen molar-refractivity contribution in [2.75, 3.05) is 6.61 Å². The highest BCUT2D eigenvalue weighted by Gasteiger charge is 2.64. The maximum Gasteiger partial charge on any atom is 0.161 e. The van der Waals surface area contributed by atoms with E-state index in [9.17, 15) is 20.1 Å². The van der Waals surface area contributed by atoms with Gasteiger partial charge in [0.25, 0.3) is 0 Å². The summed E-state index contributed by atoms with van der Waals surface area (Å²) in [5, 5.41) is 31.3. The third-order valence-electron chi connectivity index (χ3n) is 5.77. The Labute approximate surface area is 122 Å². The van der Waals surface area contributed by atoms with Crippen LogP contribution in [-0.4, -0.2) is 51.6 Å². The van der Waals surface area contributed by atoms with E-state index >= 15 is 0 Å². The summed E-state index contributed by atoms with van der Waals surface area (Å²) in [7, 11) is 0. The van der Waals surface area contributed by atoms with Crippen LogP contribution in [0.5, 0.6) is 0 Å². The highest BCUT2D eigenvalue weighted by molar-refractivity contribution is 5.98. The number of carbonyl (C=O) groups is 1. The van der Waals surface area contributed by atoms with E-state index in [0.29, 0.717) is 24.8 Å². The maximum atomic E-state index is 12.3. The van der Waals surface area contributed by atoms with Gasteiger partial charge in [0.05, 0.1) is 18.8 Å². The van der Waals surface area contributed by atoms with Crippen LogP contribution >= 0.6 is 0 Å². The quantitative estimate of drug-likeness (QED) is 0.551. The average Bonchev–Trinajstić information content (AvgIpc) is 2.80. The number of aliphatic hydroxyl groups excluding tert-OH is 2. The third kappa shape index (κ3) is 1.58. The Morgan fingerprint density at radius 1 is 1.38 bits per heavy atom. The van der Waals surface area contributed by atoms with Crippen molar-refractivity contribution in [1.29, 1.82) is 0 Å². The molecule has 0 spiro atoms. The number of rotatable bonds is 0. The summed E-state index contributed by atoms with van der Waals surface area (Å²) < 4.78 is 5.76. The van der Waals surface area contributed by atoms with Crippen molar-refractivity contribution in [3.05, 3.63) is 23.3 Å². The summed E-state index contributed by atoms with van der Waals surface area (Å²) in [6.07, 6.45) is 2.73. The van der Waals surface area contributed by atoms with E-state index in [2.05, 4.69) is 0 Å². The Balaban J connectivity index is 1.90. The van der Waals surface area contributed by atoms with Gasteiger partial charge in [0.15, 0.2) is 5.78 Å². The van der Waals surface area contributed by atoms with Crippen molar-refractivity contribution in [2.45, 2.75) is 50.1 Å². The second-order valence-electron chi connectivity index (χ2n) is 7.10. The number of ether oxygens (including phenoxy) is 1. The molecule has 0 radical (unpaired) electrons. The van der Waals surface area contributed by atoms with Gasteiger partial charge in [0, 0.05) is 17.9 Å². The van der Waals surface area contributed by atoms with Crippen molar-refractivity contribution in [3.8, 4) is 0 Å². The maximum absolute atomic E-state index is 12.3. The van der Waals surface area contributed by atoms with E-state index in [4.69, 9.17) is 4.74 Å². The normalized spacial score (nSPS) is 51.9. The lowest BCUT2D eigenvalue weighted by molar-refractivity contribution is -0.122. The van der Waals surface area contributed by atoms with Gasteiger partial charge in [-0.1, -0.05) is 19.1 Å². The Bertz CT molecular complexity index is 579. The SMILES string of the molecule is C[C@@]12C=C[C@H](O)[C@]3(O)CO[C@H](C4=C(C1)[C@@H](O)CCC4=O)[C@@H]32. The lowest BCUT2D eigenvalue weighted by atomic mass is 9.54. The van der Waals surface area contributed by atoms with Crippen molar-refractivity contribution < 1.29 is 24.9 Å². The topological polar surface area (TPSA) is 87.0 Å². The van der Waals surface area contributed by atoms with Crippen LogP contribution < -0.4 is 0 Å². The predicted octanol–water partition coefficient (Wildman–Crippen LogP) is 0.0936. The second-order valence-corrected chi connectivity index (χ2v) is 7.10. The van der Waals surface area contributed by atoms with Gasteiger partial charge in [0.1, 0.15) is 11.7 Å². The van der Waals surface area contributed by atoms with Gasteiger partial charge < -0.3 is 20.1 Å². The summed E-state index contributed by atoms with van der Waals surface area (Å²) in [4.78, 5) is 12.3. The fourth-order valence-electron chi connectivity index (χ4n) is 4.76. The molecule has 3 aliphatic carbocycles. The van der Waals surface area contributed by atoms with E-state index in [1.54, 1.807) is 6.08 Å². The Kier molecular flexibility index (Phi) is 2.63. The van der Waals surface area contributed by atoms with Crippen LogP contribution in [0.2, 0.25) is 0 Å². The van der Waals surface area contributed by atoms with E-state index in [1.165, 1.54) is 0 Å². The minimum Gasteiger partial charge on any atom is -0.389 e. The molecule has 1 heterocycles. The van der Waals surface area contributed by atoms with E-state index < -0.39 is 29.3 Å². The minimum absolute atomic E-state index is 0.00985. The number of ketones is 1. The molecule has 21 heavy (non-hydrogen) atoms. The zero-order valence-electron chi connectivity index (χ0n) is 12.0. The van der Waals surface area contributed by atoms with Crippen LogP contribution in [0.1, 0.15) is 26.2 Å². The van der Waals surface area contributed by atoms with Gasteiger partial charge in [-0.25, -0.2) is 0 Å². The molecule has 1 aliphatic heterocycles. The van der Waals surface area contributed by atoms with Crippen molar-refractivity contribution >= 4 is 5.78 Å². The number of allylic oxidation sites excluding steroid dienone is 1. The number of aliphatic hydroxyl groups is 3. The molecule has 3 N–H and O–H groups in total. The van der Waals surface area contributed by atoms with E-state index in [0.717, 1.165) is 5.57 Å². The lowest BCUT2D eigenvalue weighted by Gasteiger charge is -2.51. The summed E-state index contributed by atoms with van der Waals surface area (Å²) >= 11 is 0. The molecule has 0 amide bonds. The van der Waals surface area contributed by atoms with Crippen molar-refractivity contribution in [2.24, 2.45) is 11.3 Å². The fraction of sp³-hybridized carbons (Fsp3) is 0.688. The van der Waals surface area contributed by atoms with Gasteiger partial charge in [-0.3, -0.25) is 4.79 Å². The number of carbonyl (C=O) groups excluding carboxylic acids is 1. The minimum atomic E-state index is -1.35. The molecule has 114 valence electrons. The highest BCUT2D eigenvalue weighted by atomic mass is 16.5. The van der Waals surface area contributed by atoms with Gasteiger partial charge >= 0.3 is 0 Å². The first-order valence-corrected chi connectivity index (χ1v) is 7.52. The molecule has 0 aromatic heterocycles. The first kappa shape index (κ1) is 13.6. The molecular formula is C16H20O5. The smallest absolute Gasteiger partial charge is 0.161 e. The molecule has 4 aliphatic rings. The predicted molar refractivity (Wildman–Crippen MR) is 73.3 cm³/mol. The van der Waals surface area contributed by atoms with Crippen LogP contribution in [0, 0.1) is 11.3 Å². The molecule has 5 nitrogen and oxygen atoms in total. The molecule has 0 bridgehead atoms. The molecule has 1 fully saturated rings. The number of Topliss-reactive ketones (excluding diaryl/α,β-unsaturated/α-hetero) is 1. The molecule has 4 rings (SSSR count). The Hall–Kier alpha value is -1.01. The van der Waals surface area contributed by atoms with Gasteiger partial charge in [-0.15, -0.1) is 0 Å². The monoisotopic (exact) mass is 292 g/mol. The molecule has 0 saturated carbocycles. The number of hydrogen-bond acceptors (Lipinski definition) is 5. The zero-order chi connectivity index (χ0) is 15.0. The summed E-state index contributed by atoms with van der Waals surface area (Å²) in [6, 6.07) is 0. The molecule has 0 aromatic rings. The van der Waals surface area contributed by atoms with Crippen molar-refractivity contribution in [1.82, 2.24) is 0 Å². The Morgan fingerprint density at radius 3 is 2.90 bits per heavy atom. The van der Waals surface area contributed by atoms with Crippen LogP contribution in [0.25, 0.3) is 0 Å². The number of hydrogen-bond donors (Lipinski definition) is 3. The molecule has 1 saturated heterocycles. The van der Waals surface area contributed by atoms with Crippen LogP contribution in [0.3, 0.4) is 0 Å². The summed E-state index contributed by atoms with van der Waals surface area (Å²) in [5.74, 6) is -0.339. The van der Waals surface area contributed by atoms with Gasteiger partial charge in [-0.05, 0) is 23.8 Å². The van der Waals surface area contributed by atoms with Crippen LogP contribution in [0.4, 0.5) is 0 Å².